The van der Waals surface area contributed by atoms with Crippen molar-refractivity contribution in [3.63, 3.8) is 0 Å². The summed E-state index contributed by atoms with van der Waals surface area (Å²) in [5.74, 6) is -2.18. The average Bonchev–Trinajstić information content (AvgIpc) is 2.93. The highest BCUT2D eigenvalue weighted by molar-refractivity contribution is 6.36. The number of hydrogen-bond donors (Lipinski definition) is 1. The summed E-state index contributed by atoms with van der Waals surface area (Å²) < 4.78 is 15.0. The topological polar surface area (TPSA) is 125 Å². The molecule has 0 unspecified atom stereocenters. The Kier molecular flexibility index (Phi) is 10.6. The van der Waals surface area contributed by atoms with E-state index in [-0.39, 0.29) is 34.8 Å². The van der Waals surface area contributed by atoms with Crippen LogP contribution < -0.4 is 10.1 Å². The molecule has 39 heavy (non-hydrogen) atoms. The first-order valence-corrected chi connectivity index (χ1v) is 12.3. The summed E-state index contributed by atoms with van der Waals surface area (Å²) in [6.45, 7) is -0.955. The van der Waals surface area contributed by atoms with E-state index in [1.165, 1.54) is 49.6 Å². The van der Waals surface area contributed by atoms with E-state index in [4.69, 9.17) is 37.4 Å². The number of rotatable bonds is 12. The second kappa shape index (κ2) is 14.1. The minimum absolute atomic E-state index is 0.143. The van der Waals surface area contributed by atoms with Gasteiger partial charge < -0.3 is 19.5 Å². The van der Waals surface area contributed by atoms with Crippen LogP contribution >= 0.6 is 23.2 Å². The van der Waals surface area contributed by atoms with E-state index in [9.17, 15) is 24.0 Å². The van der Waals surface area contributed by atoms with Crippen LogP contribution in [0.3, 0.4) is 0 Å². The SMILES string of the molecule is COc1ccc(C(=O)COC(=O)c2ccc(NC(=O)CCC(=O)OCC(=O)c3ccc(Cl)cc3Cl)cc2)cc1. The number of amides is 1. The zero-order chi connectivity index (χ0) is 28.4. The summed E-state index contributed by atoms with van der Waals surface area (Å²) in [6, 6.07) is 16.6. The highest BCUT2D eigenvalue weighted by Gasteiger charge is 2.16. The number of halogens is 2. The van der Waals surface area contributed by atoms with Crippen LogP contribution in [0.2, 0.25) is 10.0 Å². The van der Waals surface area contributed by atoms with Gasteiger partial charge in [-0.1, -0.05) is 23.2 Å². The number of anilines is 1. The third-order valence-electron chi connectivity index (χ3n) is 5.30. The Balaban J connectivity index is 1.39. The highest BCUT2D eigenvalue weighted by Crippen LogP contribution is 2.21. The number of methoxy groups -OCH3 is 1. The van der Waals surface area contributed by atoms with Gasteiger partial charge in [0.2, 0.25) is 11.7 Å². The average molecular weight is 572 g/mol. The Labute approximate surface area is 233 Å². The molecule has 0 fully saturated rings. The van der Waals surface area contributed by atoms with Crippen molar-refractivity contribution in [2.75, 3.05) is 25.6 Å². The fourth-order valence-corrected chi connectivity index (χ4v) is 3.73. The molecule has 0 aromatic heterocycles. The van der Waals surface area contributed by atoms with Gasteiger partial charge in [-0.2, -0.15) is 0 Å². The molecule has 0 aliphatic heterocycles. The second-order valence-corrected chi connectivity index (χ2v) is 8.91. The summed E-state index contributed by atoms with van der Waals surface area (Å²) in [5.41, 5.74) is 1.11. The number of benzene rings is 3. The van der Waals surface area contributed by atoms with Crippen molar-refractivity contribution in [2.45, 2.75) is 12.8 Å². The van der Waals surface area contributed by atoms with Crippen LogP contribution in [0.15, 0.2) is 66.7 Å². The van der Waals surface area contributed by atoms with Gasteiger partial charge in [0.15, 0.2) is 19.0 Å². The molecular weight excluding hydrogens is 549 g/mol. The maximum atomic E-state index is 12.3. The second-order valence-electron chi connectivity index (χ2n) is 8.06. The fraction of sp³-hybridized carbons (Fsp3) is 0.179. The maximum absolute atomic E-state index is 12.3. The first kappa shape index (κ1) is 29.3. The van der Waals surface area contributed by atoms with E-state index in [1.54, 1.807) is 24.3 Å². The lowest BCUT2D eigenvalue weighted by Gasteiger charge is -2.08. The number of ketones is 2. The zero-order valence-electron chi connectivity index (χ0n) is 20.7. The molecule has 0 aliphatic rings. The van der Waals surface area contributed by atoms with E-state index < -0.39 is 36.8 Å². The molecule has 1 amide bonds. The predicted molar refractivity (Wildman–Crippen MR) is 144 cm³/mol. The Hall–Kier alpha value is -4.21. The van der Waals surface area contributed by atoms with Crippen molar-refractivity contribution in [2.24, 2.45) is 0 Å². The number of ether oxygens (including phenoxy) is 3. The molecule has 0 saturated carbocycles. The van der Waals surface area contributed by atoms with Crippen LogP contribution in [0.1, 0.15) is 43.9 Å². The summed E-state index contributed by atoms with van der Waals surface area (Å²) in [4.78, 5) is 60.7. The van der Waals surface area contributed by atoms with Crippen LogP contribution in [-0.2, 0) is 19.1 Å². The Morgan fingerprint density at radius 1 is 0.744 bits per heavy atom. The number of Topliss-reactive ketones (excluding diaryl/α,β-unsaturated/α-hetero) is 2. The standard InChI is InChI=1S/C28H23Cl2NO8/c1-37-21-9-4-17(5-10-21)24(32)15-39-28(36)18-2-7-20(8-3-18)31-26(34)12-13-27(35)38-16-25(33)22-11-6-19(29)14-23(22)30/h2-11,14H,12-13,15-16H2,1H3,(H,31,34). The maximum Gasteiger partial charge on any atom is 0.338 e. The lowest BCUT2D eigenvalue weighted by atomic mass is 10.1. The zero-order valence-corrected chi connectivity index (χ0v) is 22.2. The molecule has 9 nitrogen and oxygen atoms in total. The summed E-state index contributed by atoms with van der Waals surface area (Å²) >= 11 is 11.8. The molecular formula is C28H23Cl2NO8. The van der Waals surface area contributed by atoms with Gasteiger partial charge >= 0.3 is 11.9 Å². The minimum Gasteiger partial charge on any atom is -0.497 e. The lowest BCUT2D eigenvalue weighted by molar-refractivity contribution is -0.143. The van der Waals surface area contributed by atoms with Crippen molar-refractivity contribution in [3.8, 4) is 5.75 Å². The molecule has 0 radical (unpaired) electrons. The minimum atomic E-state index is -0.731. The number of esters is 2. The van der Waals surface area contributed by atoms with Crippen molar-refractivity contribution >= 4 is 58.3 Å². The smallest absolute Gasteiger partial charge is 0.338 e. The van der Waals surface area contributed by atoms with Gasteiger partial charge in [-0.25, -0.2) is 4.79 Å². The van der Waals surface area contributed by atoms with Gasteiger partial charge in [0, 0.05) is 28.3 Å². The van der Waals surface area contributed by atoms with Crippen molar-refractivity contribution < 1.29 is 38.2 Å². The van der Waals surface area contributed by atoms with Crippen LogP contribution in [0, 0.1) is 0 Å². The molecule has 3 aromatic rings. The van der Waals surface area contributed by atoms with Crippen LogP contribution in [0.4, 0.5) is 5.69 Å². The summed E-state index contributed by atoms with van der Waals surface area (Å²) in [5, 5.41) is 3.10. The van der Waals surface area contributed by atoms with Gasteiger partial charge in [0.1, 0.15) is 5.75 Å². The summed E-state index contributed by atoms with van der Waals surface area (Å²) in [6.07, 6.45) is -0.438. The van der Waals surface area contributed by atoms with Gasteiger partial charge in [0.05, 0.1) is 24.1 Å². The van der Waals surface area contributed by atoms with Gasteiger partial charge in [-0.05, 0) is 66.7 Å². The number of carbonyl (C=O) groups excluding carboxylic acids is 5. The molecule has 11 heteroatoms. The molecule has 0 heterocycles. The Morgan fingerprint density at radius 3 is 2.03 bits per heavy atom. The number of hydrogen-bond acceptors (Lipinski definition) is 8. The molecule has 0 bridgehead atoms. The number of nitrogens with one attached hydrogen (secondary N) is 1. The first-order chi connectivity index (χ1) is 18.7. The molecule has 1 N–H and O–H groups in total. The van der Waals surface area contributed by atoms with Crippen LogP contribution in [0.25, 0.3) is 0 Å². The van der Waals surface area contributed by atoms with Crippen molar-refractivity contribution in [1.29, 1.82) is 0 Å². The molecule has 0 atom stereocenters. The van der Waals surface area contributed by atoms with Gasteiger partial charge in [0.25, 0.3) is 0 Å². The van der Waals surface area contributed by atoms with Crippen molar-refractivity contribution in [3.05, 3.63) is 93.5 Å². The third kappa shape index (κ3) is 8.94. The third-order valence-corrected chi connectivity index (χ3v) is 5.85. The van der Waals surface area contributed by atoms with Crippen LogP contribution in [0.5, 0.6) is 5.75 Å². The van der Waals surface area contributed by atoms with E-state index in [2.05, 4.69) is 5.32 Å². The fourth-order valence-electron chi connectivity index (χ4n) is 3.21. The Bertz CT molecular complexity index is 1370. The highest BCUT2D eigenvalue weighted by atomic mass is 35.5. The molecule has 202 valence electrons. The molecule has 0 aliphatic carbocycles. The molecule has 3 aromatic carbocycles. The molecule has 0 spiro atoms. The van der Waals surface area contributed by atoms with E-state index in [0.29, 0.717) is 22.0 Å². The van der Waals surface area contributed by atoms with Crippen LogP contribution in [-0.4, -0.2) is 49.7 Å². The number of carbonyl (C=O) groups is 5. The predicted octanol–water partition coefficient (Wildman–Crippen LogP) is 5.19. The normalized spacial score (nSPS) is 10.3. The molecule has 3 rings (SSSR count). The quantitative estimate of drug-likeness (QED) is 0.232. The largest absolute Gasteiger partial charge is 0.497 e. The lowest BCUT2D eigenvalue weighted by Crippen LogP contribution is -2.17. The summed E-state index contributed by atoms with van der Waals surface area (Å²) in [7, 11) is 1.51. The van der Waals surface area contributed by atoms with E-state index in [0.717, 1.165) is 0 Å². The van der Waals surface area contributed by atoms with E-state index >= 15 is 0 Å². The molecule has 0 saturated heterocycles. The first-order valence-electron chi connectivity index (χ1n) is 11.5. The van der Waals surface area contributed by atoms with E-state index in [1.807, 2.05) is 0 Å². The monoisotopic (exact) mass is 571 g/mol. The van der Waals surface area contributed by atoms with Gasteiger partial charge in [-0.3, -0.25) is 19.2 Å². The Morgan fingerprint density at radius 2 is 1.38 bits per heavy atom. The van der Waals surface area contributed by atoms with Crippen molar-refractivity contribution in [1.82, 2.24) is 0 Å². The van der Waals surface area contributed by atoms with Gasteiger partial charge in [-0.15, -0.1) is 0 Å².